The molecule has 0 atom stereocenters. The molecule has 0 unspecified atom stereocenters. The van der Waals surface area contributed by atoms with Crippen molar-refractivity contribution in [2.45, 2.75) is 44.7 Å². The van der Waals surface area contributed by atoms with Gasteiger partial charge in [0.15, 0.2) is 0 Å². The summed E-state index contributed by atoms with van der Waals surface area (Å²) < 4.78 is 1.84. The van der Waals surface area contributed by atoms with Crippen LogP contribution in [0.25, 0.3) is 0 Å². The molecule has 0 radical (unpaired) electrons. The van der Waals surface area contributed by atoms with Gasteiger partial charge >= 0.3 is 0 Å². The number of rotatable bonds is 5. The van der Waals surface area contributed by atoms with Gasteiger partial charge in [0.05, 0.1) is 12.7 Å². The van der Waals surface area contributed by atoms with Gasteiger partial charge in [-0.3, -0.25) is 9.48 Å². The molecule has 0 aromatic carbocycles. The monoisotopic (exact) mass is 277 g/mol. The quantitative estimate of drug-likeness (QED) is 0.859. The smallest absolute Gasteiger partial charge is 0.225 e. The van der Waals surface area contributed by atoms with Gasteiger partial charge in [-0.15, -0.1) is 5.10 Å². The van der Waals surface area contributed by atoms with Crippen molar-refractivity contribution in [3.8, 4) is 0 Å². The van der Waals surface area contributed by atoms with Crippen LogP contribution in [0, 0.1) is 5.92 Å². The zero-order valence-electron chi connectivity index (χ0n) is 11.9. The maximum atomic E-state index is 12.1. The van der Waals surface area contributed by atoms with Crippen molar-refractivity contribution in [2.75, 3.05) is 19.6 Å². The van der Waals surface area contributed by atoms with E-state index in [4.69, 9.17) is 0 Å². The second-order valence-corrected chi connectivity index (χ2v) is 5.85. The Morgan fingerprint density at radius 2 is 2.05 bits per heavy atom. The molecule has 6 nitrogen and oxygen atoms in total. The van der Waals surface area contributed by atoms with E-state index < -0.39 is 0 Å². The Balaban J connectivity index is 1.34. The van der Waals surface area contributed by atoms with E-state index in [2.05, 4.69) is 20.5 Å². The van der Waals surface area contributed by atoms with E-state index in [0.29, 0.717) is 17.9 Å². The third kappa shape index (κ3) is 3.17. The molecule has 0 spiro atoms. The summed E-state index contributed by atoms with van der Waals surface area (Å²) in [6, 6.07) is 0.531. The lowest BCUT2D eigenvalue weighted by molar-refractivity contribution is -0.139. The van der Waals surface area contributed by atoms with E-state index in [9.17, 15) is 4.79 Å². The molecule has 1 N–H and O–H groups in total. The molecular formula is C14H23N5O. The minimum atomic E-state index is 0.340. The first-order valence-electron chi connectivity index (χ1n) is 7.69. The minimum absolute atomic E-state index is 0.340. The van der Waals surface area contributed by atoms with Gasteiger partial charge in [-0.25, -0.2) is 0 Å². The maximum absolute atomic E-state index is 12.1. The summed E-state index contributed by atoms with van der Waals surface area (Å²) in [7, 11) is 0. The lowest BCUT2D eigenvalue weighted by Crippen LogP contribution is -2.48. The van der Waals surface area contributed by atoms with E-state index in [1.807, 2.05) is 10.9 Å². The second kappa shape index (κ2) is 6.35. The Morgan fingerprint density at radius 3 is 2.65 bits per heavy atom. The number of piperidine rings is 1. The first kappa shape index (κ1) is 13.5. The number of amides is 1. The normalized spacial score (nSPS) is 20.9. The number of carbonyl (C=O) groups is 1. The summed E-state index contributed by atoms with van der Waals surface area (Å²) in [5.74, 6) is 0.740. The van der Waals surface area contributed by atoms with Crippen LogP contribution in [0.1, 0.15) is 32.1 Å². The third-order valence-electron chi connectivity index (χ3n) is 4.51. The molecule has 110 valence electrons. The summed E-state index contributed by atoms with van der Waals surface area (Å²) in [4.78, 5) is 14.2. The molecule has 1 aliphatic carbocycles. The molecule has 2 heterocycles. The van der Waals surface area contributed by atoms with Crippen molar-refractivity contribution in [2.24, 2.45) is 5.92 Å². The molecule has 1 amide bonds. The molecule has 1 saturated carbocycles. The molecule has 6 heteroatoms. The number of aromatic nitrogens is 3. The van der Waals surface area contributed by atoms with Crippen LogP contribution >= 0.6 is 0 Å². The molecule has 0 bridgehead atoms. The zero-order chi connectivity index (χ0) is 13.8. The van der Waals surface area contributed by atoms with Crippen LogP contribution in [0.2, 0.25) is 0 Å². The summed E-state index contributed by atoms with van der Waals surface area (Å²) in [5, 5.41) is 11.3. The second-order valence-electron chi connectivity index (χ2n) is 5.85. The highest BCUT2D eigenvalue weighted by atomic mass is 16.2. The van der Waals surface area contributed by atoms with Crippen LogP contribution in [0.4, 0.5) is 0 Å². The number of likely N-dealkylation sites (tertiary alicyclic amines) is 1. The summed E-state index contributed by atoms with van der Waals surface area (Å²) in [6.45, 7) is 3.58. The molecule has 2 fully saturated rings. The van der Waals surface area contributed by atoms with Crippen molar-refractivity contribution in [3.63, 3.8) is 0 Å². The van der Waals surface area contributed by atoms with Crippen LogP contribution in [0.3, 0.4) is 0 Å². The molecule has 1 aromatic rings. The highest BCUT2D eigenvalue weighted by Crippen LogP contribution is 2.29. The number of hydrogen-bond donors (Lipinski definition) is 1. The maximum Gasteiger partial charge on any atom is 0.225 e. The van der Waals surface area contributed by atoms with Crippen LogP contribution < -0.4 is 5.32 Å². The number of nitrogens with zero attached hydrogens (tertiary/aromatic N) is 4. The fourth-order valence-corrected chi connectivity index (χ4v) is 2.95. The fraction of sp³-hybridized carbons (Fsp3) is 0.786. The summed E-state index contributed by atoms with van der Waals surface area (Å²) >= 11 is 0. The fourth-order valence-electron chi connectivity index (χ4n) is 2.95. The van der Waals surface area contributed by atoms with Gasteiger partial charge in [0.25, 0.3) is 0 Å². The largest absolute Gasteiger partial charge is 0.342 e. The molecule has 2 aliphatic rings. The van der Waals surface area contributed by atoms with Crippen LogP contribution in [-0.4, -0.2) is 51.5 Å². The number of carbonyl (C=O) groups excluding carboxylic acids is 1. The Hall–Kier alpha value is -1.43. The van der Waals surface area contributed by atoms with Crippen LogP contribution in [0.15, 0.2) is 12.4 Å². The Kier molecular flexibility index (Phi) is 4.30. The molecule has 1 aromatic heterocycles. The van der Waals surface area contributed by atoms with E-state index >= 15 is 0 Å². The molecular weight excluding hydrogens is 254 g/mol. The van der Waals surface area contributed by atoms with Gasteiger partial charge < -0.3 is 10.2 Å². The van der Waals surface area contributed by atoms with Crippen molar-refractivity contribution < 1.29 is 4.79 Å². The Bertz CT molecular complexity index is 421. The first-order chi connectivity index (χ1) is 9.83. The molecule has 1 aliphatic heterocycles. The van der Waals surface area contributed by atoms with Crippen molar-refractivity contribution in [1.29, 1.82) is 0 Å². The van der Waals surface area contributed by atoms with E-state index in [-0.39, 0.29) is 0 Å². The van der Waals surface area contributed by atoms with Gasteiger partial charge in [0, 0.05) is 37.8 Å². The highest BCUT2D eigenvalue weighted by molar-refractivity contribution is 5.79. The Morgan fingerprint density at radius 1 is 1.25 bits per heavy atom. The molecule has 20 heavy (non-hydrogen) atoms. The summed E-state index contributed by atoms with van der Waals surface area (Å²) in [6.07, 6.45) is 9.15. The predicted octanol–water partition coefficient (Wildman–Crippen LogP) is 0.659. The average Bonchev–Trinajstić information content (AvgIpc) is 2.91. The predicted molar refractivity (Wildman–Crippen MR) is 75.0 cm³/mol. The number of nitrogens with one attached hydrogen (secondary N) is 1. The van der Waals surface area contributed by atoms with E-state index in [1.165, 1.54) is 6.42 Å². The number of hydrogen-bond acceptors (Lipinski definition) is 4. The minimum Gasteiger partial charge on any atom is -0.342 e. The van der Waals surface area contributed by atoms with E-state index in [1.54, 1.807) is 6.20 Å². The van der Waals surface area contributed by atoms with Crippen molar-refractivity contribution in [1.82, 2.24) is 25.2 Å². The Labute approximate surface area is 119 Å². The van der Waals surface area contributed by atoms with Crippen molar-refractivity contribution in [3.05, 3.63) is 12.4 Å². The average molecular weight is 277 g/mol. The third-order valence-corrected chi connectivity index (χ3v) is 4.51. The van der Waals surface area contributed by atoms with Crippen LogP contribution in [0.5, 0.6) is 0 Å². The van der Waals surface area contributed by atoms with Gasteiger partial charge in [-0.1, -0.05) is 11.6 Å². The van der Waals surface area contributed by atoms with E-state index in [0.717, 1.165) is 51.9 Å². The van der Waals surface area contributed by atoms with Gasteiger partial charge in [0.2, 0.25) is 5.91 Å². The van der Waals surface area contributed by atoms with Gasteiger partial charge in [-0.05, 0) is 25.7 Å². The highest BCUT2D eigenvalue weighted by Gasteiger charge is 2.31. The lowest BCUT2D eigenvalue weighted by atomic mass is 9.84. The lowest BCUT2D eigenvalue weighted by Gasteiger charge is -2.36. The van der Waals surface area contributed by atoms with Crippen LogP contribution in [-0.2, 0) is 11.3 Å². The molecule has 1 saturated heterocycles. The first-order valence-corrected chi connectivity index (χ1v) is 7.69. The van der Waals surface area contributed by atoms with Gasteiger partial charge in [0.1, 0.15) is 0 Å². The van der Waals surface area contributed by atoms with Crippen molar-refractivity contribution >= 4 is 5.91 Å². The summed E-state index contributed by atoms with van der Waals surface area (Å²) in [5.41, 5.74) is 0. The van der Waals surface area contributed by atoms with Gasteiger partial charge in [-0.2, -0.15) is 0 Å². The zero-order valence-corrected chi connectivity index (χ0v) is 11.9. The topological polar surface area (TPSA) is 63.1 Å². The SMILES string of the molecule is O=C(C1CCC1)N1CCC(NCCn2ccnn2)CC1. The molecule has 3 rings (SSSR count). The standard InChI is InChI=1S/C14H23N5O/c20-14(12-2-1-3-12)18-8-4-13(5-9-18)15-6-10-19-11-7-16-17-19/h7,11-13,15H,1-6,8-10H2.